The van der Waals surface area contributed by atoms with Gasteiger partial charge >= 0.3 is 5.97 Å². The molecule has 0 saturated carbocycles. The number of rotatable bonds is 4. The van der Waals surface area contributed by atoms with Gasteiger partial charge in [0.25, 0.3) is 0 Å². The Balaban J connectivity index is 2.65. The van der Waals surface area contributed by atoms with Crippen molar-refractivity contribution < 1.29 is 9.90 Å². The third kappa shape index (κ3) is 2.85. The Bertz CT molecular complexity index is 297. The predicted molar refractivity (Wildman–Crippen MR) is 55.1 cm³/mol. The zero-order valence-corrected chi connectivity index (χ0v) is 8.18. The van der Waals surface area contributed by atoms with Crippen LogP contribution < -0.4 is 5.73 Å². The first-order valence-corrected chi connectivity index (χ1v) is 4.63. The van der Waals surface area contributed by atoms with Gasteiger partial charge in [-0.25, -0.2) is 0 Å². The second kappa shape index (κ2) is 4.77. The number of nitrogens with two attached hydrogens (primary N) is 1. The third-order valence-electron chi connectivity index (χ3n) is 2.38. The van der Waals surface area contributed by atoms with Crippen molar-refractivity contribution in [2.45, 2.75) is 25.3 Å². The molecule has 0 aliphatic heterocycles. The fraction of sp³-hybridized carbons (Fsp3) is 0.364. The molecule has 0 aliphatic carbocycles. The van der Waals surface area contributed by atoms with Crippen molar-refractivity contribution in [3.05, 3.63) is 35.9 Å². The van der Waals surface area contributed by atoms with Gasteiger partial charge in [-0.05, 0) is 11.5 Å². The van der Waals surface area contributed by atoms with Crippen molar-refractivity contribution in [3.8, 4) is 0 Å². The van der Waals surface area contributed by atoms with Crippen molar-refractivity contribution in [2.24, 2.45) is 5.73 Å². The molecule has 0 spiro atoms. The maximum absolute atomic E-state index is 10.5. The first-order chi connectivity index (χ1) is 6.61. The summed E-state index contributed by atoms with van der Waals surface area (Å²) in [7, 11) is 0. The number of hydrogen-bond donors (Lipinski definition) is 2. The van der Waals surface area contributed by atoms with Gasteiger partial charge in [0.15, 0.2) is 0 Å². The van der Waals surface area contributed by atoms with Crippen LogP contribution in [0.2, 0.25) is 0 Å². The minimum absolute atomic E-state index is 0.00998. The summed E-state index contributed by atoms with van der Waals surface area (Å²) in [4.78, 5) is 10.5. The van der Waals surface area contributed by atoms with Gasteiger partial charge < -0.3 is 10.8 Å². The number of hydrogen-bond acceptors (Lipinski definition) is 2. The monoisotopic (exact) mass is 193 g/mol. The maximum atomic E-state index is 10.5. The number of carboxylic acids is 1. The van der Waals surface area contributed by atoms with E-state index in [0.717, 1.165) is 5.56 Å². The van der Waals surface area contributed by atoms with Gasteiger partial charge in [0.2, 0.25) is 0 Å². The van der Waals surface area contributed by atoms with Crippen LogP contribution in [0.15, 0.2) is 30.3 Å². The van der Waals surface area contributed by atoms with Crippen molar-refractivity contribution in [3.63, 3.8) is 0 Å². The maximum Gasteiger partial charge on any atom is 0.304 e. The van der Waals surface area contributed by atoms with Crippen LogP contribution in [0.4, 0.5) is 0 Å². The van der Waals surface area contributed by atoms with E-state index in [1.807, 2.05) is 37.3 Å². The van der Waals surface area contributed by atoms with E-state index in [1.165, 1.54) is 0 Å². The minimum Gasteiger partial charge on any atom is -0.481 e. The zero-order chi connectivity index (χ0) is 10.6. The lowest BCUT2D eigenvalue weighted by Crippen LogP contribution is -2.29. The molecule has 0 saturated heterocycles. The van der Waals surface area contributed by atoms with Crippen molar-refractivity contribution in [2.75, 3.05) is 0 Å². The van der Waals surface area contributed by atoms with Crippen LogP contribution in [-0.2, 0) is 4.79 Å². The molecule has 0 fully saturated rings. The lowest BCUT2D eigenvalue weighted by molar-refractivity contribution is -0.137. The van der Waals surface area contributed by atoms with Crippen LogP contribution in [0.1, 0.15) is 24.8 Å². The molecule has 1 rings (SSSR count). The molecule has 0 aliphatic rings. The summed E-state index contributed by atoms with van der Waals surface area (Å²) in [5, 5.41) is 8.60. The highest BCUT2D eigenvalue weighted by molar-refractivity contribution is 5.67. The van der Waals surface area contributed by atoms with Gasteiger partial charge in [-0.2, -0.15) is 0 Å². The van der Waals surface area contributed by atoms with Crippen molar-refractivity contribution >= 4 is 5.97 Å². The molecular formula is C11H15NO2. The first-order valence-electron chi connectivity index (χ1n) is 4.63. The molecule has 0 unspecified atom stereocenters. The van der Waals surface area contributed by atoms with Gasteiger partial charge in [0.1, 0.15) is 0 Å². The van der Waals surface area contributed by atoms with Gasteiger partial charge in [-0.15, -0.1) is 0 Å². The van der Waals surface area contributed by atoms with Crippen LogP contribution in [0.5, 0.6) is 0 Å². The lowest BCUT2D eigenvalue weighted by Gasteiger charge is -2.18. The highest BCUT2D eigenvalue weighted by Crippen LogP contribution is 2.19. The molecule has 14 heavy (non-hydrogen) atoms. The highest BCUT2D eigenvalue weighted by Gasteiger charge is 2.17. The second-order valence-electron chi connectivity index (χ2n) is 3.46. The van der Waals surface area contributed by atoms with Crippen LogP contribution in [-0.4, -0.2) is 17.1 Å². The molecule has 0 heterocycles. The third-order valence-corrected chi connectivity index (χ3v) is 2.38. The Morgan fingerprint density at radius 1 is 1.43 bits per heavy atom. The lowest BCUT2D eigenvalue weighted by atomic mass is 9.92. The fourth-order valence-electron chi connectivity index (χ4n) is 1.38. The number of carboxylic acid groups (broad SMARTS) is 1. The Labute approximate surface area is 83.6 Å². The number of aliphatic carboxylic acids is 1. The van der Waals surface area contributed by atoms with Gasteiger partial charge in [-0.3, -0.25) is 4.79 Å². The molecule has 0 bridgehead atoms. The van der Waals surface area contributed by atoms with Crippen LogP contribution in [0.3, 0.4) is 0 Å². The average molecular weight is 193 g/mol. The Hall–Kier alpha value is -1.35. The van der Waals surface area contributed by atoms with Gasteiger partial charge in [0, 0.05) is 6.04 Å². The Morgan fingerprint density at radius 3 is 2.50 bits per heavy atom. The van der Waals surface area contributed by atoms with E-state index in [2.05, 4.69) is 0 Å². The molecule has 3 heteroatoms. The molecule has 3 N–H and O–H groups in total. The van der Waals surface area contributed by atoms with E-state index >= 15 is 0 Å². The summed E-state index contributed by atoms with van der Waals surface area (Å²) in [5.41, 5.74) is 6.85. The summed E-state index contributed by atoms with van der Waals surface area (Å²) >= 11 is 0. The zero-order valence-electron chi connectivity index (χ0n) is 8.18. The van der Waals surface area contributed by atoms with E-state index in [1.54, 1.807) is 0 Å². The molecule has 76 valence electrons. The van der Waals surface area contributed by atoms with Gasteiger partial charge in [-0.1, -0.05) is 37.3 Å². The molecule has 0 amide bonds. The SMILES string of the molecule is C[C@@H](c1ccccc1)[C@H](N)CC(=O)O. The average Bonchev–Trinajstić information content (AvgIpc) is 2.17. The molecule has 0 radical (unpaired) electrons. The largest absolute Gasteiger partial charge is 0.481 e. The molecular weight excluding hydrogens is 178 g/mol. The van der Waals surface area contributed by atoms with E-state index < -0.39 is 5.97 Å². The number of benzene rings is 1. The standard InChI is InChI=1S/C11H15NO2/c1-8(10(12)7-11(13)14)9-5-3-2-4-6-9/h2-6,8,10H,7,12H2,1H3,(H,13,14)/t8-,10+/m0/s1. The molecule has 2 atom stereocenters. The Morgan fingerprint density at radius 2 is 2.00 bits per heavy atom. The second-order valence-corrected chi connectivity index (χ2v) is 3.46. The van der Waals surface area contributed by atoms with Gasteiger partial charge in [0.05, 0.1) is 6.42 Å². The molecule has 1 aromatic rings. The summed E-state index contributed by atoms with van der Waals surface area (Å²) in [5.74, 6) is -0.771. The van der Waals surface area contributed by atoms with E-state index in [-0.39, 0.29) is 18.4 Å². The molecule has 3 nitrogen and oxygen atoms in total. The Kier molecular flexibility index (Phi) is 3.65. The quantitative estimate of drug-likeness (QED) is 0.763. The summed E-state index contributed by atoms with van der Waals surface area (Å²) in [6, 6.07) is 9.39. The van der Waals surface area contributed by atoms with E-state index in [0.29, 0.717) is 0 Å². The summed E-state index contributed by atoms with van der Waals surface area (Å²) in [6.07, 6.45) is 0.00998. The first kappa shape index (κ1) is 10.7. The molecule has 1 aromatic carbocycles. The van der Waals surface area contributed by atoms with Crippen LogP contribution >= 0.6 is 0 Å². The molecule has 0 aromatic heterocycles. The van der Waals surface area contributed by atoms with Crippen molar-refractivity contribution in [1.82, 2.24) is 0 Å². The van der Waals surface area contributed by atoms with Crippen LogP contribution in [0.25, 0.3) is 0 Å². The van der Waals surface area contributed by atoms with Crippen LogP contribution in [0, 0.1) is 0 Å². The van der Waals surface area contributed by atoms with Crippen molar-refractivity contribution in [1.29, 1.82) is 0 Å². The topological polar surface area (TPSA) is 63.3 Å². The highest BCUT2D eigenvalue weighted by atomic mass is 16.4. The normalized spacial score (nSPS) is 14.7. The fourth-order valence-corrected chi connectivity index (χ4v) is 1.38. The smallest absolute Gasteiger partial charge is 0.304 e. The van der Waals surface area contributed by atoms with E-state index in [9.17, 15) is 4.79 Å². The predicted octanol–water partition coefficient (Wildman–Crippen LogP) is 1.59. The summed E-state index contributed by atoms with van der Waals surface area (Å²) < 4.78 is 0. The number of carbonyl (C=O) groups is 1. The van der Waals surface area contributed by atoms with E-state index in [4.69, 9.17) is 10.8 Å². The summed E-state index contributed by atoms with van der Waals surface area (Å²) in [6.45, 7) is 1.95. The minimum atomic E-state index is -0.847.